The summed E-state index contributed by atoms with van der Waals surface area (Å²) in [5.41, 5.74) is 2.72. The van der Waals surface area contributed by atoms with Crippen LogP contribution in [0.1, 0.15) is 108 Å². The molecule has 1 aromatic carbocycles. The van der Waals surface area contributed by atoms with Crippen LogP contribution in [0, 0.1) is 0 Å². The molecular formula is C25H39NO. The molecule has 1 atom stereocenters. The lowest BCUT2D eigenvalue weighted by Gasteiger charge is -2.14. The number of amides is 1. The van der Waals surface area contributed by atoms with Crippen LogP contribution >= 0.6 is 0 Å². The average Bonchev–Trinajstić information content (AvgIpc) is 3.08. The van der Waals surface area contributed by atoms with E-state index in [-0.39, 0.29) is 11.9 Å². The molecule has 0 aromatic heterocycles. The summed E-state index contributed by atoms with van der Waals surface area (Å²) in [7, 11) is 0. The van der Waals surface area contributed by atoms with Crippen molar-refractivity contribution in [1.29, 1.82) is 0 Å². The molecule has 2 nitrogen and oxygen atoms in total. The number of hydrogen-bond acceptors (Lipinski definition) is 1. The Kier molecular flexibility index (Phi) is 10.9. The maximum Gasteiger partial charge on any atom is 0.220 e. The van der Waals surface area contributed by atoms with E-state index in [9.17, 15) is 4.79 Å². The second kappa shape index (κ2) is 13.6. The number of carbonyl (C=O) groups excluding carboxylic acids is 1. The Bertz CT molecular complexity index is 563. The van der Waals surface area contributed by atoms with Crippen LogP contribution in [0.15, 0.2) is 36.4 Å². The topological polar surface area (TPSA) is 29.1 Å². The number of rotatable bonds is 14. The summed E-state index contributed by atoms with van der Waals surface area (Å²) in [6, 6.07) is 8.75. The van der Waals surface area contributed by atoms with Gasteiger partial charge in [-0.15, -0.1) is 0 Å². The first kappa shape index (κ1) is 21.7. The minimum Gasteiger partial charge on any atom is -0.349 e. The second-order valence-electron chi connectivity index (χ2n) is 7.98. The number of benzene rings is 1. The van der Waals surface area contributed by atoms with E-state index < -0.39 is 0 Å². The van der Waals surface area contributed by atoms with Gasteiger partial charge in [-0.25, -0.2) is 0 Å². The fourth-order valence-corrected chi connectivity index (χ4v) is 3.98. The van der Waals surface area contributed by atoms with E-state index in [4.69, 9.17) is 0 Å². The highest BCUT2D eigenvalue weighted by atomic mass is 16.1. The van der Waals surface area contributed by atoms with E-state index in [1.54, 1.807) is 0 Å². The van der Waals surface area contributed by atoms with Gasteiger partial charge in [0.25, 0.3) is 0 Å². The van der Waals surface area contributed by atoms with E-state index in [1.807, 2.05) is 0 Å². The van der Waals surface area contributed by atoms with Crippen molar-refractivity contribution in [2.24, 2.45) is 0 Å². The fourth-order valence-electron chi connectivity index (χ4n) is 3.98. The summed E-state index contributed by atoms with van der Waals surface area (Å²) in [6.07, 6.45) is 21.5. The van der Waals surface area contributed by atoms with Crippen LogP contribution in [0.2, 0.25) is 0 Å². The van der Waals surface area contributed by atoms with Crippen molar-refractivity contribution < 1.29 is 4.79 Å². The van der Waals surface area contributed by atoms with Crippen molar-refractivity contribution in [3.8, 4) is 0 Å². The molecule has 0 saturated carbocycles. The first-order valence-electron chi connectivity index (χ1n) is 11.3. The van der Waals surface area contributed by atoms with Gasteiger partial charge in [-0.1, -0.05) is 81.9 Å². The molecule has 0 radical (unpaired) electrons. The Morgan fingerprint density at radius 3 is 2.41 bits per heavy atom. The Hall–Kier alpha value is -1.57. The Labute approximate surface area is 166 Å². The Balaban J connectivity index is 1.42. The summed E-state index contributed by atoms with van der Waals surface area (Å²) >= 11 is 0. The Morgan fingerprint density at radius 2 is 1.63 bits per heavy atom. The van der Waals surface area contributed by atoms with E-state index in [1.165, 1.54) is 75.3 Å². The lowest BCUT2D eigenvalue weighted by Crippen LogP contribution is -2.26. The van der Waals surface area contributed by atoms with Crippen LogP contribution < -0.4 is 5.32 Å². The van der Waals surface area contributed by atoms with E-state index >= 15 is 0 Å². The molecule has 1 amide bonds. The van der Waals surface area contributed by atoms with E-state index in [2.05, 4.69) is 48.7 Å². The van der Waals surface area contributed by atoms with Gasteiger partial charge in [-0.3, -0.25) is 4.79 Å². The molecule has 1 unspecified atom stereocenters. The van der Waals surface area contributed by atoms with Gasteiger partial charge in [-0.2, -0.15) is 0 Å². The molecule has 0 spiro atoms. The number of allylic oxidation sites excluding steroid dienone is 2. The number of fused-ring (bicyclic) bond motifs is 1. The van der Waals surface area contributed by atoms with Crippen molar-refractivity contribution in [3.63, 3.8) is 0 Å². The summed E-state index contributed by atoms with van der Waals surface area (Å²) in [4.78, 5) is 12.2. The quantitative estimate of drug-likeness (QED) is 0.276. The first-order valence-corrected chi connectivity index (χ1v) is 11.3. The SMILES string of the molecule is CCCCCC/C=C\CCCCCCCC(=O)NC1CCc2ccccc21. The Morgan fingerprint density at radius 1 is 0.963 bits per heavy atom. The molecule has 2 heteroatoms. The lowest BCUT2D eigenvalue weighted by atomic mass is 10.1. The highest BCUT2D eigenvalue weighted by Crippen LogP contribution is 2.30. The van der Waals surface area contributed by atoms with E-state index in [0.717, 1.165) is 19.3 Å². The van der Waals surface area contributed by atoms with Gasteiger partial charge in [-0.05, 0) is 56.1 Å². The number of hydrogen-bond donors (Lipinski definition) is 1. The molecule has 2 rings (SSSR count). The zero-order valence-corrected chi connectivity index (χ0v) is 17.3. The van der Waals surface area contributed by atoms with Crippen LogP contribution in [0.25, 0.3) is 0 Å². The number of aryl methyl sites for hydroxylation is 1. The average molecular weight is 370 g/mol. The molecule has 0 bridgehead atoms. The van der Waals surface area contributed by atoms with Gasteiger partial charge in [0.1, 0.15) is 0 Å². The summed E-state index contributed by atoms with van der Waals surface area (Å²) in [6.45, 7) is 2.26. The van der Waals surface area contributed by atoms with Crippen molar-refractivity contribution in [3.05, 3.63) is 47.5 Å². The molecule has 150 valence electrons. The minimum absolute atomic E-state index is 0.225. The highest BCUT2D eigenvalue weighted by Gasteiger charge is 2.22. The molecular weight excluding hydrogens is 330 g/mol. The number of carbonyl (C=O) groups is 1. The standard InChI is InChI=1S/C25H39NO/c1-2-3-4-5-6-7-8-9-10-11-12-13-14-19-25(27)26-24-21-20-22-17-15-16-18-23(22)24/h7-8,15-18,24H,2-6,9-14,19-21H2,1H3,(H,26,27)/b8-7-. The maximum absolute atomic E-state index is 12.2. The minimum atomic E-state index is 0.225. The third kappa shape index (κ3) is 8.77. The van der Waals surface area contributed by atoms with Gasteiger partial charge in [0.2, 0.25) is 5.91 Å². The number of unbranched alkanes of at least 4 members (excludes halogenated alkanes) is 9. The van der Waals surface area contributed by atoms with Crippen molar-refractivity contribution in [2.75, 3.05) is 0 Å². The molecule has 1 N–H and O–H groups in total. The molecule has 27 heavy (non-hydrogen) atoms. The predicted octanol–water partition coefficient (Wildman–Crippen LogP) is 7.05. The largest absolute Gasteiger partial charge is 0.349 e. The zero-order valence-electron chi connectivity index (χ0n) is 17.3. The molecule has 0 heterocycles. The van der Waals surface area contributed by atoms with Gasteiger partial charge < -0.3 is 5.32 Å². The third-order valence-corrected chi connectivity index (χ3v) is 5.63. The van der Waals surface area contributed by atoms with Crippen molar-refractivity contribution in [2.45, 2.75) is 103 Å². The number of nitrogens with one attached hydrogen (secondary N) is 1. The highest BCUT2D eigenvalue weighted by molar-refractivity contribution is 5.76. The fraction of sp³-hybridized carbons (Fsp3) is 0.640. The molecule has 1 aliphatic rings. The molecule has 1 aromatic rings. The van der Waals surface area contributed by atoms with Crippen LogP contribution in [0.4, 0.5) is 0 Å². The smallest absolute Gasteiger partial charge is 0.220 e. The van der Waals surface area contributed by atoms with Gasteiger partial charge >= 0.3 is 0 Å². The second-order valence-corrected chi connectivity index (χ2v) is 7.98. The summed E-state index contributed by atoms with van der Waals surface area (Å²) in [5.74, 6) is 0.225. The van der Waals surface area contributed by atoms with E-state index in [0.29, 0.717) is 6.42 Å². The summed E-state index contributed by atoms with van der Waals surface area (Å²) < 4.78 is 0. The van der Waals surface area contributed by atoms with Crippen molar-refractivity contribution >= 4 is 5.91 Å². The van der Waals surface area contributed by atoms with Gasteiger partial charge in [0.15, 0.2) is 0 Å². The summed E-state index contributed by atoms with van der Waals surface area (Å²) in [5, 5.41) is 3.23. The van der Waals surface area contributed by atoms with Crippen molar-refractivity contribution in [1.82, 2.24) is 5.32 Å². The third-order valence-electron chi connectivity index (χ3n) is 5.63. The predicted molar refractivity (Wildman–Crippen MR) is 116 cm³/mol. The van der Waals surface area contributed by atoms with Crippen LogP contribution in [0.3, 0.4) is 0 Å². The molecule has 1 aliphatic carbocycles. The molecule has 0 saturated heterocycles. The van der Waals surface area contributed by atoms with Gasteiger partial charge in [0.05, 0.1) is 6.04 Å². The molecule has 0 fully saturated rings. The monoisotopic (exact) mass is 369 g/mol. The maximum atomic E-state index is 12.2. The lowest BCUT2D eigenvalue weighted by molar-refractivity contribution is -0.121. The van der Waals surface area contributed by atoms with Crippen LogP contribution in [-0.2, 0) is 11.2 Å². The zero-order chi connectivity index (χ0) is 19.2. The molecule has 0 aliphatic heterocycles. The van der Waals surface area contributed by atoms with Crippen LogP contribution in [0.5, 0.6) is 0 Å². The normalized spacial score (nSPS) is 16.0. The van der Waals surface area contributed by atoms with Crippen LogP contribution in [-0.4, -0.2) is 5.91 Å². The van der Waals surface area contributed by atoms with Gasteiger partial charge in [0, 0.05) is 6.42 Å². The first-order chi connectivity index (χ1) is 13.3.